The number of hydrogen-bond donors (Lipinski definition) is 1. The Kier molecular flexibility index (Phi) is 6.78. The number of pyridine rings is 2. The SMILES string of the molecule is CC(C)(C)c1cc(-c2cc(-c3ccccc3)ccn2)cc(-c2cccc3c2nc2c4c(O)c5c6c(c4c4ccccc4n32)Oc2ccccc2B6c2ccccc2-5)c1. The molecular formula is C52H36BN3O2. The van der Waals surface area contributed by atoms with Crippen LogP contribution in [0.15, 0.2) is 158 Å². The normalized spacial score (nSPS) is 12.9. The molecule has 0 radical (unpaired) electrons. The highest BCUT2D eigenvalue weighted by Crippen LogP contribution is 2.50. The van der Waals surface area contributed by atoms with Gasteiger partial charge >= 0.3 is 0 Å². The third-order valence-corrected chi connectivity index (χ3v) is 12.3. The highest BCUT2D eigenvalue weighted by atomic mass is 16.5. The summed E-state index contributed by atoms with van der Waals surface area (Å²) in [7, 11) is 0. The zero-order chi connectivity index (χ0) is 38.9. The van der Waals surface area contributed by atoms with Crippen LogP contribution in [0.2, 0.25) is 0 Å². The predicted octanol–water partition coefficient (Wildman–Crippen LogP) is 10.8. The van der Waals surface area contributed by atoms with E-state index in [0.717, 1.165) is 94.4 Å². The van der Waals surface area contributed by atoms with E-state index in [1.54, 1.807) is 0 Å². The van der Waals surface area contributed by atoms with Crippen LogP contribution in [0.5, 0.6) is 17.2 Å². The highest BCUT2D eigenvalue weighted by molar-refractivity contribution is 7.00. The summed E-state index contributed by atoms with van der Waals surface area (Å²) in [5.41, 5.74) is 16.1. The van der Waals surface area contributed by atoms with Crippen molar-refractivity contribution >= 4 is 61.5 Å². The Hall–Kier alpha value is -7.18. The first-order chi connectivity index (χ1) is 28.3. The molecular weight excluding hydrogens is 709 g/mol. The maximum atomic E-state index is 12.8. The van der Waals surface area contributed by atoms with Crippen molar-refractivity contribution < 1.29 is 9.84 Å². The number of benzene rings is 7. The number of hydrogen-bond acceptors (Lipinski definition) is 4. The molecule has 0 unspecified atom stereocenters. The first-order valence-electron chi connectivity index (χ1n) is 19.9. The van der Waals surface area contributed by atoms with E-state index in [0.29, 0.717) is 11.0 Å². The van der Waals surface area contributed by atoms with Gasteiger partial charge in [0, 0.05) is 33.7 Å². The van der Waals surface area contributed by atoms with E-state index in [1.807, 2.05) is 18.3 Å². The summed E-state index contributed by atoms with van der Waals surface area (Å²) >= 11 is 0. The molecule has 0 bridgehead atoms. The lowest BCUT2D eigenvalue weighted by atomic mass is 9.38. The second-order valence-corrected chi connectivity index (χ2v) is 16.7. The smallest absolute Gasteiger partial charge is 0.252 e. The molecule has 2 aliphatic heterocycles. The van der Waals surface area contributed by atoms with E-state index in [2.05, 4.69) is 165 Å². The van der Waals surface area contributed by atoms with Crippen LogP contribution in [0.3, 0.4) is 0 Å². The standard InChI is InChI=1S/C52H36BN3O2/c1-52(2,3)34-27-32(26-33(28-34)40-29-31(24-25-54-40)30-14-5-4-6-15-30)35-18-13-22-42-48(35)55-51-46-44(37-17-8-11-21-41(37)56(42)51)50-47-45(49(46)57)36-16-7-9-19-38(36)53(47)39-20-10-12-23-43(39)58-50/h4-29,57H,1-3H3. The summed E-state index contributed by atoms with van der Waals surface area (Å²) in [6.45, 7) is 6.72. The average molecular weight is 746 g/mol. The van der Waals surface area contributed by atoms with Gasteiger partial charge in [0.15, 0.2) is 0 Å². The number of aromatic nitrogens is 3. The minimum atomic E-state index is -0.124. The van der Waals surface area contributed by atoms with E-state index < -0.39 is 0 Å². The molecule has 0 spiro atoms. The van der Waals surface area contributed by atoms with Gasteiger partial charge < -0.3 is 9.84 Å². The maximum Gasteiger partial charge on any atom is 0.252 e. The highest BCUT2D eigenvalue weighted by Gasteiger charge is 2.44. The molecule has 0 saturated heterocycles. The number of aromatic hydroxyl groups is 1. The van der Waals surface area contributed by atoms with Gasteiger partial charge in [0.2, 0.25) is 0 Å². The van der Waals surface area contributed by atoms with Crippen LogP contribution in [0.4, 0.5) is 0 Å². The number of fused-ring (bicyclic) bond motifs is 14. The molecule has 12 rings (SSSR count). The molecule has 3 aromatic heterocycles. The van der Waals surface area contributed by atoms with Gasteiger partial charge in [-0.05, 0) is 86.6 Å². The molecule has 7 aromatic carbocycles. The zero-order valence-electron chi connectivity index (χ0n) is 32.3. The topological polar surface area (TPSA) is 59.7 Å². The number of nitrogens with zero attached hydrogens (tertiary/aromatic N) is 3. The lowest BCUT2D eigenvalue weighted by molar-refractivity contribution is 0.478. The van der Waals surface area contributed by atoms with E-state index >= 15 is 0 Å². The van der Waals surface area contributed by atoms with Crippen molar-refractivity contribution in [1.82, 2.24) is 14.4 Å². The molecule has 5 nitrogen and oxygen atoms in total. The third-order valence-electron chi connectivity index (χ3n) is 12.3. The Morgan fingerprint density at radius 2 is 1.34 bits per heavy atom. The molecule has 0 amide bonds. The van der Waals surface area contributed by atoms with Crippen LogP contribution < -0.4 is 21.1 Å². The summed E-state index contributed by atoms with van der Waals surface area (Å²) in [6.07, 6.45) is 1.90. The summed E-state index contributed by atoms with van der Waals surface area (Å²) in [6, 6.07) is 53.2. The van der Waals surface area contributed by atoms with Crippen molar-refractivity contribution in [2.75, 3.05) is 0 Å². The molecule has 58 heavy (non-hydrogen) atoms. The molecule has 0 fully saturated rings. The van der Waals surface area contributed by atoms with Crippen LogP contribution in [0, 0.1) is 0 Å². The van der Waals surface area contributed by atoms with Gasteiger partial charge in [-0.15, -0.1) is 0 Å². The average Bonchev–Trinajstić information content (AvgIpc) is 3.83. The minimum absolute atomic E-state index is 0.0472. The van der Waals surface area contributed by atoms with Crippen molar-refractivity contribution in [2.24, 2.45) is 0 Å². The van der Waals surface area contributed by atoms with Gasteiger partial charge in [-0.2, -0.15) is 0 Å². The predicted molar refractivity (Wildman–Crippen MR) is 239 cm³/mol. The largest absolute Gasteiger partial charge is 0.507 e. The van der Waals surface area contributed by atoms with Crippen LogP contribution in [-0.2, 0) is 5.41 Å². The number of phenols is 1. The van der Waals surface area contributed by atoms with Crippen molar-refractivity contribution in [3.8, 4) is 61.9 Å². The van der Waals surface area contributed by atoms with E-state index in [-0.39, 0.29) is 17.9 Å². The summed E-state index contributed by atoms with van der Waals surface area (Å²) in [5.74, 6) is 1.87. The van der Waals surface area contributed by atoms with Crippen LogP contribution in [-0.4, -0.2) is 26.2 Å². The molecule has 0 atom stereocenters. The Morgan fingerprint density at radius 1 is 0.621 bits per heavy atom. The second-order valence-electron chi connectivity index (χ2n) is 16.7. The molecule has 2 aliphatic rings. The van der Waals surface area contributed by atoms with Crippen LogP contribution >= 0.6 is 0 Å². The fraction of sp³-hybridized carbons (Fsp3) is 0.0769. The van der Waals surface area contributed by atoms with E-state index in [1.165, 1.54) is 11.0 Å². The van der Waals surface area contributed by atoms with Crippen molar-refractivity contribution in [3.63, 3.8) is 0 Å². The van der Waals surface area contributed by atoms with Gasteiger partial charge in [0.05, 0.1) is 27.6 Å². The first kappa shape index (κ1) is 33.0. The lowest BCUT2D eigenvalue weighted by Gasteiger charge is -2.26. The summed E-state index contributed by atoms with van der Waals surface area (Å²) in [4.78, 5) is 10.4. The third kappa shape index (κ3) is 4.60. The van der Waals surface area contributed by atoms with Crippen LogP contribution in [0.25, 0.3) is 83.0 Å². The van der Waals surface area contributed by atoms with Gasteiger partial charge in [-0.25, -0.2) is 4.98 Å². The summed E-state index contributed by atoms with van der Waals surface area (Å²) in [5, 5.41) is 15.3. The Morgan fingerprint density at radius 3 is 2.21 bits per heavy atom. The number of ether oxygens (including phenoxy) is 1. The van der Waals surface area contributed by atoms with Gasteiger partial charge in [-0.1, -0.05) is 135 Å². The van der Waals surface area contributed by atoms with Gasteiger partial charge in [-0.3, -0.25) is 9.38 Å². The van der Waals surface area contributed by atoms with Crippen molar-refractivity contribution in [1.29, 1.82) is 0 Å². The molecule has 10 aromatic rings. The van der Waals surface area contributed by atoms with Crippen molar-refractivity contribution in [2.45, 2.75) is 26.2 Å². The van der Waals surface area contributed by atoms with Crippen LogP contribution in [0.1, 0.15) is 26.3 Å². The summed E-state index contributed by atoms with van der Waals surface area (Å²) < 4.78 is 9.20. The molecule has 1 N–H and O–H groups in total. The van der Waals surface area contributed by atoms with Crippen molar-refractivity contribution in [3.05, 3.63) is 163 Å². The molecule has 5 heterocycles. The number of phenolic OH excluding ortho intramolecular Hbond substituents is 1. The second kappa shape index (κ2) is 11.9. The van der Waals surface area contributed by atoms with E-state index in [9.17, 15) is 5.11 Å². The number of para-hydroxylation sites is 3. The van der Waals surface area contributed by atoms with E-state index in [4.69, 9.17) is 14.7 Å². The van der Waals surface area contributed by atoms with Gasteiger partial charge in [0.25, 0.3) is 6.71 Å². The first-order valence-corrected chi connectivity index (χ1v) is 19.9. The number of rotatable bonds is 3. The zero-order valence-corrected chi connectivity index (χ0v) is 32.3. The fourth-order valence-corrected chi connectivity index (χ4v) is 9.62. The molecule has 274 valence electrons. The molecule has 6 heteroatoms. The Bertz CT molecular complexity index is 3380. The van der Waals surface area contributed by atoms with Gasteiger partial charge in [0.1, 0.15) is 22.9 Å². The monoisotopic (exact) mass is 745 g/mol. The fourth-order valence-electron chi connectivity index (χ4n) is 9.62. The minimum Gasteiger partial charge on any atom is -0.507 e. The lowest BCUT2D eigenvalue weighted by Crippen LogP contribution is -2.52. The Labute approximate surface area is 335 Å². The number of imidazole rings is 1. The molecule has 0 aliphatic carbocycles. The molecule has 0 saturated carbocycles. The maximum absolute atomic E-state index is 12.8. The Balaban J connectivity index is 1.16. The quantitative estimate of drug-likeness (QED) is 0.145.